The first-order chi connectivity index (χ1) is 19.8. The van der Waals surface area contributed by atoms with E-state index < -0.39 is 27.2 Å². The molecule has 0 aliphatic carbocycles. The zero-order chi connectivity index (χ0) is 29.0. The zero-order valence-corrected chi connectivity index (χ0v) is 23.1. The summed E-state index contributed by atoms with van der Waals surface area (Å²) in [6.45, 7) is 4.01. The van der Waals surface area contributed by atoms with Crippen LogP contribution in [0.15, 0.2) is 42.6 Å². The van der Waals surface area contributed by atoms with Gasteiger partial charge in [-0.05, 0) is 42.8 Å². The van der Waals surface area contributed by atoms with Gasteiger partial charge in [0.05, 0.1) is 48.0 Å². The lowest BCUT2D eigenvalue weighted by atomic mass is 10.1. The van der Waals surface area contributed by atoms with Crippen molar-refractivity contribution in [3.8, 4) is 22.6 Å². The number of anilines is 3. The molecule has 1 aliphatic heterocycles. The van der Waals surface area contributed by atoms with Crippen LogP contribution in [0.4, 0.5) is 26.1 Å². The number of pyridine rings is 2. The first kappa shape index (κ1) is 28.5. The highest BCUT2D eigenvalue weighted by atomic mass is 32.2. The van der Waals surface area contributed by atoms with Gasteiger partial charge in [-0.2, -0.15) is 0 Å². The molecule has 3 N–H and O–H groups in total. The van der Waals surface area contributed by atoms with Gasteiger partial charge in [0, 0.05) is 31.4 Å². The Morgan fingerprint density at radius 3 is 2.56 bits per heavy atom. The van der Waals surface area contributed by atoms with E-state index in [0.717, 1.165) is 12.1 Å². The van der Waals surface area contributed by atoms with Crippen LogP contribution >= 0.6 is 0 Å². The number of halogens is 2. The van der Waals surface area contributed by atoms with Crippen LogP contribution in [-0.2, 0) is 14.8 Å². The summed E-state index contributed by atoms with van der Waals surface area (Å²) in [7, 11) is -3.81. The van der Waals surface area contributed by atoms with Crippen LogP contribution in [0.3, 0.4) is 0 Å². The van der Waals surface area contributed by atoms with Gasteiger partial charge < -0.3 is 20.1 Å². The quantitative estimate of drug-likeness (QED) is 0.253. The molecule has 0 saturated carbocycles. The maximum atomic E-state index is 15.5. The molecule has 5 rings (SSSR count). The van der Waals surface area contributed by atoms with E-state index in [0.29, 0.717) is 73.3 Å². The molecular formula is C27H29F2N7O4S. The van der Waals surface area contributed by atoms with Crippen molar-refractivity contribution in [3.63, 3.8) is 0 Å². The largest absolute Gasteiger partial charge is 0.395 e. The highest BCUT2D eigenvalue weighted by Crippen LogP contribution is 2.34. The number of aromatic nitrogens is 4. The van der Waals surface area contributed by atoms with Crippen molar-refractivity contribution in [2.45, 2.75) is 13.3 Å². The van der Waals surface area contributed by atoms with Crippen molar-refractivity contribution in [2.75, 3.05) is 60.1 Å². The zero-order valence-electron chi connectivity index (χ0n) is 22.3. The number of benzene rings is 1. The molecule has 11 nitrogen and oxygen atoms in total. The van der Waals surface area contributed by atoms with E-state index in [2.05, 4.69) is 25.0 Å². The fraction of sp³-hybridized carbons (Fsp3) is 0.333. The molecule has 41 heavy (non-hydrogen) atoms. The molecule has 1 aromatic carbocycles. The molecule has 3 aromatic heterocycles. The number of rotatable bonds is 10. The van der Waals surface area contributed by atoms with Gasteiger partial charge in [-0.15, -0.1) is 0 Å². The minimum absolute atomic E-state index is 0.0261. The average Bonchev–Trinajstić information content (AvgIpc) is 2.97. The third-order valence-corrected chi connectivity index (χ3v) is 7.84. The van der Waals surface area contributed by atoms with Gasteiger partial charge >= 0.3 is 0 Å². The van der Waals surface area contributed by atoms with Crippen molar-refractivity contribution < 1.29 is 27.0 Å². The van der Waals surface area contributed by atoms with Crippen LogP contribution in [0.25, 0.3) is 33.7 Å². The number of ether oxygens (including phenoxy) is 1. The fourth-order valence-electron chi connectivity index (χ4n) is 4.43. The summed E-state index contributed by atoms with van der Waals surface area (Å²) in [6.07, 6.45) is 1.95. The van der Waals surface area contributed by atoms with Gasteiger partial charge in [-0.3, -0.25) is 4.72 Å². The van der Waals surface area contributed by atoms with Crippen LogP contribution in [0.2, 0.25) is 0 Å². The Labute approximate surface area is 235 Å². The third-order valence-electron chi connectivity index (χ3n) is 6.36. The molecule has 0 unspecified atom stereocenters. The highest BCUT2D eigenvalue weighted by molar-refractivity contribution is 7.92. The summed E-state index contributed by atoms with van der Waals surface area (Å²) >= 11 is 0. The molecule has 0 spiro atoms. The van der Waals surface area contributed by atoms with Crippen LogP contribution < -0.4 is 14.9 Å². The number of aliphatic hydroxyl groups is 1. The molecule has 0 atom stereocenters. The van der Waals surface area contributed by atoms with E-state index in [9.17, 15) is 8.42 Å². The first-order valence-electron chi connectivity index (χ1n) is 13.1. The van der Waals surface area contributed by atoms with Gasteiger partial charge in [-0.25, -0.2) is 37.1 Å². The highest BCUT2D eigenvalue weighted by Gasteiger charge is 2.23. The van der Waals surface area contributed by atoms with E-state index in [4.69, 9.17) is 14.8 Å². The average molecular weight is 586 g/mol. The van der Waals surface area contributed by atoms with Crippen molar-refractivity contribution >= 4 is 38.4 Å². The van der Waals surface area contributed by atoms with Crippen LogP contribution in [0.5, 0.6) is 0 Å². The number of hydrogen-bond acceptors (Lipinski definition) is 10. The lowest BCUT2D eigenvalue weighted by molar-refractivity contribution is 0.122. The first-order valence-corrected chi connectivity index (χ1v) is 14.8. The van der Waals surface area contributed by atoms with E-state index in [1.165, 1.54) is 6.07 Å². The van der Waals surface area contributed by atoms with Crippen molar-refractivity contribution in [1.82, 2.24) is 19.9 Å². The van der Waals surface area contributed by atoms with Gasteiger partial charge in [0.25, 0.3) is 0 Å². The van der Waals surface area contributed by atoms with Crippen LogP contribution in [0.1, 0.15) is 13.3 Å². The van der Waals surface area contributed by atoms with Gasteiger partial charge in [0.2, 0.25) is 10.0 Å². The molecule has 1 saturated heterocycles. The van der Waals surface area contributed by atoms with Crippen molar-refractivity contribution in [3.05, 3.63) is 54.2 Å². The Bertz CT molecular complexity index is 1650. The minimum atomic E-state index is -3.81. The molecule has 4 heterocycles. The minimum Gasteiger partial charge on any atom is -0.395 e. The van der Waals surface area contributed by atoms with E-state index in [1.807, 2.05) is 4.90 Å². The third kappa shape index (κ3) is 6.34. The van der Waals surface area contributed by atoms with Crippen molar-refractivity contribution in [2.24, 2.45) is 0 Å². The summed E-state index contributed by atoms with van der Waals surface area (Å²) in [4.78, 5) is 20.3. The molecule has 14 heteroatoms. The Kier molecular flexibility index (Phi) is 8.52. The molecule has 1 fully saturated rings. The number of morpholine rings is 1. The topological polar surface area (TPSA) is 142 Å². The monoisotopic (exact) mass is 585 g/mol. The number of hydrogen-bond donors (Lipinski definition) is 3. The SMILES string of the molecule is CCCS(=O)(=O)Nc1ccc(F)c(-c2ccc3nc(-c4ccc(NCCO)nc4)nc(N4CCOCC4)c3n2)c1F. The number of nitrogens with zero attached hydrogens (tertiary/aromatic N) is 5. The lowest BCUT2D eigenvalue weighted by Gasteiger charge is -2.28. The molecule has 0 bridgehead atoms. The predicted molar refractivity (Wildman–Crippen MR) is 152 cm³/mol. The van der Waals surface area contributed by atoms with Crippen LogP contribution in [0, 0.1) is 11.6 Å². The summed E-state index contributed by atoms with van der Waals surface area (Å²) in [5, 5.41) is 12.0. The predicted octanol–water partition coefficient (Wildman–Crippen LogP) is 3.42. The Balaban J connectivity index is 1.60. The molecule has 4 aromatic rings. The van der Waals surface area contributed by atoms with Gasteiger partial charge in [0.1, 0.15) is 17.2 Å². The number of aliphatic hydroxyl groups excluding tert-OH is 1. The second-order valence-electron chi connectivity index (χ2n) is 9.32. The number of nitrogens with one attached hydrogen (secondary N) is 2. The number of sulfonamides is 1. The van der Waals surface area contributed by atoms with E-state index in [-0.39, 0.29) is 23.7 Å². The van der Waals surface area contributed by atoms with Crippen LogP contribution in [-0.4, -0.2) is 78.7 Å². The smallest absolute Gasteiger partial charge is 0.232 e. The standard InChI is InChI=1S/C27H29F2N7O4S/c1-2-15-41(38,39)35-20-5-4-18(28)23(24(20)29)19-6-7-21-25(32-19)27(36-10-13-40-14-11-36)34-26(33-21)17-3-8-22(31-16-17)30-9-12-37/h3-8,16,35,37H,2,9-15H2,1H3,(H,30,31). The molecule has 0 amide bonds. The Morgan fingerprint density at radius 1 is 1.05 bits per heavy atom. The summed E-state index contributed by atoms with van der Waals surface area (Å²) in [5.74, 6) is -0.709. The normalized spacial score (nSPS) is 13.9. The summed E-state index contributed by atoms with van der Waals surface area (Å²) in [6, 6.07) is 8.65. The van der Waals surface area contributed by atoms with Gasteiger partial charge in [-0.1, -0.05) is 6.92 Å². The summed E-state index contributed by atoms with van der Waals surface area (Å²) in [5.41, 5.74) is 0.568. The molecule has 216 valence electrons. The fourth-order valence-corrected chi connectivity index (χ4v) is 5.56. The van der Waals surface area contributed by atoms with E-state index in [1.54, 1.807) is 31.3 Å². The second-order valence-corrected chi connectivity index (χ2v) is 11.2. The van der Waals surface area contributed by atoms with E-state index >= 15 is 8.78 Å². The summed E-state index contributed by atoms with van der Waals surface area (Å²) < 4.78 is 62.8. The molecule has 1 aliphatic rings. The number of fused-ring (bicyclic) bond motifs is 1. The second kappa shape index (κ2) is 12.2. The van der Waals surface area contributed by atoms with Gasteiger partial charge in [0.15, 0.2) is 17.5 Å². The Morgan fingerprint density at radius 2 is 1.85 bits per heavy atom. The Hall–Kier alpha value is -4.01. The lowest BCUT2D eigenvalue weighted by Crippen LogP contribution is -2.37. The maximum absolute atomic E-state index is 15.5. The van der Waals surface area contributed by atoms with Crippen molar-refractivity contribution in [1.29, 1.82) is 0 Å². The molecular weight excluding hydrogens is 556 g/mol. The maximum Gasteiger partial charge on any atom is 0.232 e. The molecule has 0 radical (unpaired) electrons.